The molecule has 0 aliphatic rings. The molecule has 1 aromatic rings. The van der Waals surface area contributed by atoms with Crippen molar-refractivity contribution in [2.45, 2.75) is 6.54 Å². The van der Waals surface area contributed by atoms with Gasteiger partial charge in [-0.1, -0.05) is 17.7 Å². The number of hydrogen-bond donors (Lipinski definition) is 1. The molecule has 0 spiro atoms. The van der Waals surface area contributed by atoms with Crippen LogP contribution in [-0.4, -0.2) is 25.1 Å². The number of hydrogen-bond acceptors (Lipinski definition) is 4. The summed E-state index contributed by atoms with van der Waals surface area (Å²) in [6.07, 6.45) is 0. The van der Waals surface area contributed by atoms with Crippen molar-refractivity contribution in [2.75, 3.05) is 13.2 Å². The zero-order valence-electron chi connectivity index (χ0n) is 9.24. The van der Waals surface area contributed by atoms with E-state index in [-0.39, 0.29) is 17.1 Å². The molecule has 0 radical (unpaired) electrons. The maximum atomic E-state index is 13.3. The number of nitrogens with one attached hydrogen (secondary N) is 1. The molecule has 0 atom stereocenters. The fraction of sp³-hybridized carbons (Fsp3) is 0.273. The first-order valence-corrected chi connectivity index (χ1v) is 5.35. The van der Waals surface area contributed by atoms with Crippen LogP contribution >= 0.6 is 11.6 Å². The molecule has 0 fully saturated rings. The van der Waals surface area contributed by atoms with Gasteiger partial charge in [0.25, 0.3) is 0 Å². The lowest BCUT2D eigenvalue weighted by atomic mass is 10.2. The molecule has 98 valence electrons. The van der Waals surface area contributed by atoms with Crippen molar-refractivity contribution >= 4 is 23.5 Å². The van der Waals surface area contributed by atoms with Crippen molar-refractivity contribution in [1.82, 2.24) is 5.32 Å². The van der Waals surface area contributed by atoms with E-state index in [0.29, 0.717) is 0 Å². The fourth-order valence-corrected chi connectivity index (χ4v) is 1.40. The second-order valence-corrected chi connectivity index (χ2v) is 3.75. The Labute approximate surface area is 108 Å². The first-order valence-electron chi connectivity index (χ1n) is 4.98. The normalized spacial score (nSPS) is 10.1. The smallest absolute Gasteiger partial charge is 0.246 e. The van der Waals surface area contributed by atoms with Crippen LogP contribution < -0.4 is 10.4 Å². The zero-order chi connectivity index (χ0) is 13.5. The molecule has 0 saturated carbocycles. The van der Waals surface area contributed by atoms with Crippen LogP contribution in [0.15, 0.2) is 18.2 Å². The molecule has 1 amide bonds. The Balaban J connectivity index is 2.40. The maximum absolute atomic E-state index is 13.3. The lowest BCUT2D eigenvalue weighted by Gasteiger charge is -2.08. The summed E-state index contributed by atoms with van der Waals surface area (Å²) in [5, 5.41) is 12.6. The number of rotatable bonds is 6. The molecule has 5 nitrogen and oxygen atoms in total. The average Bonchev–Trinajstić information content (AvgIpc) is 2.27. The molecule has 0 heterocycles. The number of halogens is 2. The van der Waals surface area contributed by atoms with E-state index in [1.807, 2.05) is 0 Å². The van der Waals surface area contributed by atoms with Crippen LogP contribution in [0.5, 0.6) is 0 Å². The molecule has 0 aromatic heterocycles. The molecule has 18 heavy (non-hydrogen) atoms. The van der Waals surface area contributed by atoms with Crippen LogP contribution in [0.3, 0.4) is 0 Å². The first-order chi connectivity index (χ1) is 8.50. The van der Waals surface area contributed by atoms with Crippen LogP contribution in [0.1, 0.15) is 5.56 Å². The third-order valence-corrected chi connectivity index (χ3v) is 2.33. The van der Waals surface area contributed by atoms with E-state index in [2.05, 4.69) is 10.1 Å². The van der Waals surface area contributed by atoms with Crippen molar-refractivity contribution in [3.63, 3.8) is 0 Å². The third kappa shape index (κ3) is 4.68. The van der Waals surface area contributed by atoms with Gasteiger partial charge >= 0.3 is 0 Å². The highest BCUT2D eigenvalue weighted by Crippen LogP contribution is 2.18. The van der Waals surface area contributed by atoms with Crippen molar-refractivity contribution < 1.29 is 23.8 Å². The molecule has 0 unspecified atom stereocenters. The number of ether oxygens (including phenoxy) is 1. The van der Waals surface area contributed by atoms with E-state index in [1.165, 1.54) is 18.2 Å². The highest BCUT2D eigenvalue weighted by atomic mass is 35.5. The van der Waals surface area contributed by atoms with E-state index >= 15 is 0 Å². The fourth-order valence-electron chi connectivity index (χ4n) is 1.17. The number of carboxylic acid groups (broad SMARTS) is 1. The molecule has 0 bridgehead atoms. The van der Waals surface area contributed by atoms with Gasteiger partial charge in [-0.05, 0) is 12.1 Å². The topological polar surface area (TPSA) is 78.5 Å². The summed E-state index contributed by atoms with van der Waals surface area (Å²) in [4.78, 5) is 21.2. The average molecular weight is 275 g/mol. The van der Waals surface area contributed by atoms with E-state index in [9.17, 15) is 19.1 Å². The minimum atomic E-state index is -1.42. The molecule has 1 aromatic carbocycles. The quantitative estimate of drug-likeness (QED) is 0.783. The van der Waals surface area contributed by atoms with E-state index in [4.69, 9.17) is 11.6 Å². The number of carbonyl (C=O) groups is 2. The maximum Gasteiger partial charge on any atom is 0.246 e. The Morgan fingerprint density at radius 3 is 2.72 bits per heavy atom. The number of aliphatic carboxylic acids is 1. The minimum absolute atomic E-state index is 0.0982. The highest BCUT2D eigenvalue weighted by Gasteiger charge is 2.08. The summed E-state index contributed by atoms with van der Waals surface area (Å²) >= 11 is 5.75. The molecule has 0 aliphatic heterocycles. The molecule has 0 aliphatic carbocycles. The van der Waals surface area contributed by atoms with Gasteiger partial charge in [-0.25, -0.2) is 4.39 Å². The second-order valence-electron chi connectivity index (χ2n) is 3.34. The summed E-state index contributed by atoms with van der Waals surface area (Å²) in [5.74, 6) is -2.52. The molecule has 1 N–H and O–H groups in total. The predicted octanol–water partition coefficient (Wildman–Crippen LogP) is -0.138. The number of carbonyl (C=O) groups excluding carboxylic acids is 2. The van der Waals surface area contributed by atoms with Gasteiger partial charge < -0.3 is 20.0 Å². The summed E-state index contributed by atoms with van der Waals surface area (Å²) < 4.78 is 17.8. The summed E-state index contributed by atoms with van der Waals surface area (Å²) in [6.45, 7) is -1.22. The van der Waals surface area contributed by atoms with Crippen LogP contribution in [0, 0.1) is 5.82 Å². The Morgan fingerprint density at radius 1 is 1.39 bits per heavy atom. The van der Waals surface area contributed by atoms with Crippen LogP contribution in [0.25, 0.3) is 0 Å². The van der Waals surface area contributed by atoms with Gasteiger partial charge in [0.1, 0.15) is 12.4 Å². The second kappa shape index (κ2) is 6.93. The summed E-state index contributed by atoms with van der Waals surface area (Å²) in [7, 11) is 0. The number of benzene rings is 1. The van der Waals surface area contributed by atoms with Gasteiger partial charge in [0.05, 0.1) is 12.6 Å². The Morgan fingerprint density at radius 2 is 2.11 bits per heavy atom. The predicted molar refractivity (Wildman–Crippen MR) is 59.1 cm³/mol. The van der Waals surface area contributed by atoms with Crippen LogP contribution in [-0.2, 0) is 20.9 Å². The van der Waals surface area contributed by atoms with Gasteiger partial charge in [0.15, 0.2) is 0 Å². The van der Waals surface area contributed by atoms with E-state index in [0.717, 1.165) is 0 Å². The standard InChI is InChI=1S/C11H11ClFNO4/c12-8-2-1-3-9(13)7(8)4-14-10(15)5-18-6-11(16)17/h1-3H,4-6H2,(H,14,15)(H,16,17)/p-1. The molecule has 7 heteroatoms. The van der Waals surface area contributed by atoms with Crippen molar-refractivity contribution in [3.05, 3.63) is 34.6 Å². The lowest BCUT2D eigenvalue weighted by molar-refractivity contribution is -0.309. The van der Waals surface area contributed by atoms with Crippen molar-refractivity contribution in [2.24, 2.45) is 0 Å². The van der Waals surface area contributed by atoms with Crippen molar-refractivity contribution in [3.8, 4) is 0 Å². The van der Waals surface area contributed by atoms with Gasteiger partial charge in [-0.3, -0.25) is 4.79 Å². The first kappa shape index (κ1) is 14.4. The Bertz CT molecular complexity index is 432. The lowest BCUT2D eigenvalue weighted by Crippen LogP contribution is -2.32. The Kier molecular flexibility index (Phi) is 5.54. The summed E-state index contributed by atoms with van der Waals surface area (Å²) in [6, 6.07) is 4.17. The van der Waals surface area contributed by atoms with Crippen molar-refractivity contribution in [1.29, 1.82) is 0 Å². The Hall–Kier alpha value is -1.66. The van der Waals surface area contributed by atoms with Gasteiger partial charge in [0.2, 0.25) is 5.91 Å². The van der Waals surface area contributed by atoms with Crippen LogP contribution in [0.4, 0.5) is 4.39 Å². The van der Waals surface area contributed by atoms with Gasteiger partial charge in [-0.2, -0.15) is 0 Å². The van der Waals surface area contributed by atoms with Crippen LogP contribution in [0.2, 0.25) is 5.02 Å². The number of amides is 1. The van der Waals surface area contributed by atoms with Gasteiger partial charge in [-0.15, -0.1) is 0 Å². The minimum Gasteiger partial charge on any atom is -0.548 e. The summed E-state index contributed by atoms with van der Waals surface area (Å²) in [5.41, 5.74) is 0.160. The number of carboxylic acids is 1. The molecular formula is C11H10ClFNO4-. The third-order valence-electron chi connectivity index (χ3n) is 1.98. The highest BCUT2D eigenvalue weighted by molar-refractivity contribution is 6.31. The zero-order valence-corrected chi connectivity index (χ0v) is 10.00. The van der Waals surface area contributed by atoms with Gasteiger partial charge in [0, 0.05) is 17.1 Å². The van der Waals surface area contributed by atoms with E-state index < -0.39 is 30.9 Å². The molecule has 0 saturated heterocycles. The monoisotopic (exact) mass is 274 g/mol. The SMILES string of the molecule is O=C([O-])COCC(=O)NCc1c(F)cccc1Cl. The van der Waals surface area contributed by atoms with E-state index in [1.54, 1.807) is 0 Å². The molecular weight excluding hydrogens is 265 g/mol. The largest absolute Gasteiger partial charge is 0.548 e. The molecule has 1 rings (SSSR count).